The largest absolute Gasteiger partial charge is 0.490 e. The van der Waals surface area contributed by atoms with E-state index in [0.717, 1.165) is 12.1 Å². The third kappa shape index (κ3) is 6.56. The third-order valence-corrected chi connectivity index (χ3v) is 3.56. The molecule has 1 N–H and O–H groups in total. The van der Waals surface area contributed by atoms with Crippen molar-refractivity contribution < 1.29 is 13.9 Å². The van der Waals surface area contributed by atoms with Crippen molar-refractivity contribution in [1.82, 2.24) is 5.32 Å². The summed E-state index contributed by atoms with van der Waals surface area (Å²) in [5.41, 5.74) is 1.54. The molecule has 0 fully saturated rings. The highest BCUT2D eigenvalue weighted by Crippen LogP contribution is 2.32. The van der Waals surface area contributed by atoms with Gasteiger partial charge in [0.05, 0.1) is 6.61 Å². The van der Waals surface area contributed by atoms with Gasteiger partial charge in [-0.25, -0.2) is 4.39 Å². The molecule has 0 saturated heterocycles. The molecule has 2 rings (SSSR count). The fraction of sp³-hybridized carbons (Fsp3) is 0.400. The fourth-order valence-corrected chi connectivity index (χ4v) is 2.39. The Morgan fingerprint density at radius 2 is 1.72 bits per heavy atom. The predicted octanol–water partition coefficient (Wildman–Crippen LogP) is 4.97. The Morgan fingerprint density at radius 3 is 2.40 bits per heavy atom. The molecule has 0 radical (unpaired) electrons. The highest BCUT2D eigenvalue weighted by molar-refractivity contribution is 5.85. The topological polar surface area (TPSA) is 30.5 Å². The average molecular weight is 368 g/mol. The maximum atomic E-state index is 13.8. The summed E-state index contributed by atoms with van der Waals surface area (Å²) in [6.07, 6.45) is 0. The number of para-hydroxylation sites is 1. The first kappa shape index (κ1) is 21.3. The molecule has 0 spiro atoms. The normalized spacial score (nSPS) is 10.4. The number of halogens is 2. The number of hydrogen-bond acceptors (Lipinski definition) is 3. The van der Waals surface area contributed by atoms with Crippen molar-refractivity contribution >= 4 is 12.4 Å². The Kier molecular flexibility index (Phi) is 9.32. The Balaban J connectivity index is 0.00000312. The number of rotatable bonds is 9. The first-order chi connectivity index (χ1) is 11.6. The first-order valence-corrected chi connectivity index (χ1v) is 8.43. The Bertz CT molecular complexity index is 649. The van der Waals surface area contributed by atoms with E-state index in [9.17, 15) is 4.39 Å². The van der Waals surface area contributed by atoms with Gasteiger partial charge < -0.3 is 14.8 Å². The molecule has 2 aromatic carbocycles. The molecule has 0 aromatic heterocycles. The van der Waals surface area contributed by atoms with Crippen LogP contribution in [0.2, 0.25) is 0 Å². The van der Waals surface area contributed by atoms with Crippen LogP contribution in [0, 0.1) is 11.7 Å². The fourth-order valence-electron chi connectivity index (χ4n) is 2.39. The van der Waals surface area contributed by atoms with E-state index in [1.165, 1.54) is 6.07 Å². The molecule has 2 aromatic rings. The molecule has 0 aliphatic heterocycles. The van der Waals surface area contributed by atoms with Gasteiger partial charge in [0.1, 0.15) is 12.4 Å². The van der Waals surface area contributed by atoms with E-state index in [1.54, 1.807) is 18.2 Å². The monoisotopic (exact) mass is 367 g/mol. The summed E-state index contributed by atoms with van der Waals surface area (Å²) in [5.74, 6) is 1.69. The van der Waals surface area contributed by atoms with Crippen molar-refractivity contribution in [3.8, 4) is 11.5 Å². The summed E-state index contributed by atoms with van der Waals surface area (Å²) >= 11 is 0. The second-order valence-electron chi connectivity index (χ2n) is 6.08. The van der Waals surface area contributed by atoms with Crippen LogP contribution < -0.4 is 14.8 Å². The lowest BCUT2D eigenvalue weighted by Crippen LogP contribution is -2.19. The van der Waals surface area contributed by atoms with E-state index in [-0.39, 0.29) is 24.8 Å². The molecule has 0 heterocycles. The molecular formula is C20H27ClFNO2. The lowest BCUT2D eigenvalue weighted by atomic mass is 10.1. The second-order valence-corrected chi connectivity index (χ2v) is 6.08. The summed E-state index contributed by atoms with van der Waals surface area (Å²) in [7, 11) is 0. The van der Waals surface area contributed by atoms with E-state index in [2.05, 4.69) is 19.2 Å². The van der Waals surface area contributed by atoms with E-state index < -0.39 is 0 Å². The summed E-state index contributed by atoms with van der Waals surface area (Å²) in [6, 6.07) is 12.5. The van der Waals surface area contributed by atoms with Crippen LogP contribution in [0.15, 0.2) is 42.5 Å². The Hall–Kier alpha value is -1.78. The van der Waals surface area contributed by atoms with E-state index >= 15 is 0 Å². The molecule has 0 aliphatic carbocycles. The molecule has 3 nitrogen and oxygen atoms in total. The van der Waals surface area contributed by atoms with Crippen molar-refractivity contribution in [2.45, 2.75) is 33.9 Å². The van der Waals surface area contributed by atoms with Crippen molar-refractivity contribution in [2.24, 2.45) is 5.92 Å². The minimum absolute atomic E-state index is 0. The molecule has 0 bridgehead atoms. The van der Waals surface area contributed by atoms with E-state index in [1.807, 2.05) is 25.1 Å². The predicted molar refractivity (Wildman–Crippen MR) is 102 cm³/mol. The number of ether oxygens (including phenoxy) is 2. The van der Waals surface area contributed by atoms with Crippen molar-refractivity contribution in [1.29, 1.82) is 0 Å². The minimum Gasteiger partial charge on any atom is -0.490 e. The van der Waals surface area contributed by atoms with Crippen LogP contribution in [-0.2, 0) is 13.2 Å². The summed E-state index contributed by atoms with van der Waals surface area (Å²) < 4.78 is 25.4. The van der Waals surface area contributed by atoms with Gasteiger partial charge in [0.15, 0.2) is 11.5 Å². The van der Waals surface area contributed by atoms with E-state index in [4.69, 9.17) is 9.47 Å². The maximum Gasteiger partial charge on any atom is 0.166 e. The zero-order chi connectivity index (χ0) is 17.4. The van der Waals surface area contributed by atoms with Crippen LogP contribution in [0.4, 0.5) is 4.39 Å². The van der Waals surface area contributed by atoms with Gasteiger partial charge in [-0.05, 0) is 31.5 Å². The summed E-state index contributed by atoms with van der Waals surface area (Å²) in [6.45, 7) is 8.60. The molecular weight excluding hydrogens is 341 g/mol. The van der Waals surface area contributed by atoms with Gasteiger partial charge >= 0.3 is 0 Å². The zero-order valence-corrected chi connectivity index (χ0v) is 15.9. The summed E-state index contributed by atoms with van der Waals surface area (Å²) in [4.78, 5) is 0. The van der Waals surface area contributed by atoms with Crippen LogP contribution in [0.25, 0.3) is 0 Å². The SMILES string of the molecule is CCOc1cccc(CNCC(C)C)c1OCc1ccccc1F.Cl. The van der Waals surface area contributed by atoms with Crippen LogP contribution in [0.3, 0.4) is 0 Å². The van der Waals surface area contributed by atoms with E-state index in [0.29, 0.717) is 36.1 Å². The van der Waals surface area contributed by atoms with Crippen LogP contribution in [0.5, 0.6) is 11.5 Å². The minimum atomic E-state index is -0.258. The molecule has 138 valence electrons. The average Bonchev–Trinajstić information content (AvgIpc) is 2.55. The summed E-state index contributed by atoms with van der Waals surface area (Å²) in [5, 5.41) is 3.41. The number of hydrogen-bond donors (Lipinski definition) is 1. The smallest absolute Gasteiger partial charge is 0.166 e. The van der Waals surface area contributed by atoms with Gasteiger partial charge in [-0.1, -0.05) is 44.2 Å². The van der Waals surface area contributed by atoms with Gasteiger partial charge in [-0.15, -0.1) is 12.4 Å². The highest BCUT2D eigenvalue weighted by Gasteiger charge is 2.12. The molecule has 0 unspecified atom stereocenters. The molecule has 0 amide bonds. The van der Waals surface area contributed by atoms with Crippen LogP contribution in [0.1, 0.15) is 31.9 Å². The van der Waals surface area contributed by atoms with Gasteiger partial charge in [0.25, 0.3) is 0 Å². The van der Waals surface area contributed by atoms with Gasteiger partial charge in [0, 0.05) is 17.7 Å². The van der Waals surface area contributed by atoms with Crippen LogP contribution >= 0.6 is 12.4 Å². The van der Waals surface area contributed by atoms with Crippen molar-refractivity contribution in [3.05, 3.63) is 59.4 Å². The van der Waals surface area contributed by atoms with Gasteiger partial charge in [-0.3, -0.25) is 0 Å². The molecule has 0 aliphatic rings. The lowest BCUT2D eigenvalue weighted by Gasteiger charge is -2.17. The second kappa shape index (κ2) is 11.0. The standard InChI is InChI=1S/C20H26FNO2.ClH/c1-4-23-19-11-7-9-16(13-22-12-15(2)3)20(19)24-14-17-8-5-6-10-18(17)21;/h5-11,15,22H,4,12-14H2,1-3H3;1H. The lowest BCUT2D eigenvalue weighted by molar-refractivity contribution is 0.262. The third-order valence-electron chi connectivity index (χ3n) is 3.56. The highest BCUT2D eigenvalue weighted by atomic mass is 35.5. The number of benzene rings is 2. The van der Waals surface area contributed by atoms with Crippen molar-refractivity contribution in [3.63, 3.8) is 0 Å². The Labute approximate surface area is 156 Å². The van der Waals surface area contributed by atoms with Crippen molar-refractivity contribution in [2.75, 3.05) is 13.2 Å². The maximum absolute atomic E-state index is 13.8. The first-order valence-electron chi connectivity index (χ1n) is 8.43. The molecule has 5 heteroatoms. The molecule has 25 heavy (non-hydrogen) atoms. The molecule has 0 atom stereocenters. The zero-order valence-electron chi connectivity index (χ0n) is 15.0. The number of nitrogens with one attached hydrogen (secondary N) is 1. The quantitative estimate of drug-likeness (QED) is 0.678. The van der Waals surface area contributed by atoms with Gasteiger partial charge in [-0.2, -0.15) is 0 Å². The Morgan fingerprint density at radius 1 is 1.00 bits per heavy atom. The van der Waals surface area contributed by atoms with Crippen LogP contribution in [-0.4, -0.2) is 13.2 Å². The molecule has 0 saturated carbocycles. The van der Waals surface area contributed by atoms with Gasteiger partial charge in [0.2, 0.25) is 0 Å².